The largest absolute Gasteiger partial charge is 0.462 e. The van der Waals surface area contributed by atoms with Crippen LogP contribution in [-0.2, 0) is 19.1 Å². The van der Waals surface area contributed by atoms with Gasteiger partial charge in [-0.3, -0.25) is 4.79 Å². The fourth-order valence-electron chi connectivity index (χ4n) is 1.89. The molecule has 152 valence electrons. The molecule has 26 heavy (non-hydrogen) atoms. The van der Waals surface area contributed by atoms with Gasteiger partial charge in [-0.25, -0.2) is 4.79 Å². The number of ether oxygens (including phenoxy) is 2. The van der Waals surface area contributed by atoms with E-state index in [9.17, 15) is 41.0 Å². The Bertz CT molecular complexity index is 510. The second-order valence-electron chi connectivity index (χ2n) is 5.94. The molecule has 0 aliphatic rings. The number of rotatable bonds is 8. The third kappa shape index (κ3) is 5.89. The van der Waals surface area contributed by atoms with Gasteiger partial charge in [0.2, 0.25) is 0 Å². The van der Waals surface area contributed by atoms with Gasteiger partial charge in [-0.1, -0.05) is 20.4 Å². The molecule has 0 amide bonds. The van der Waals surface area contributed by atoms with Gasteiger partial charge in [0.1, 0.15) is 0 Å². The molecule has 0 aromatic carbocycles. The van der Waals surface area contributed by atoms with Crippen molar-refractivity contribution in [3.05, 3.63) is 12.2 Å². The highest BCUT2D eigenvalue weighted by atomic mass is 19.4. The molecule has 0 saturated carbocycles. The summed E-state index contributed by atoms with van der Waals surface area (Å²) < 4.78 is 86.4. The highest BCUT2D eigenvalue weighted by Gasteiger charge is 2.75. The van der Waals surface area contributed by atoms with Crippen LogP contribution in [-0.4, -0.2) is 47.7 Å². The Morgan fingerprint density at radius 2 is 1.54 bits per heavy atom. The van der Waals surface area contributed by atoms with Crippen LogP contribution in [0.15, 0.2) is 12.2 Å². The van der Waals surface area contributed by atoms with Crippen LogP contribution in [0.3, 0.4) is 0 Å². The Labute approximate surface area is 145 Å². The van der Waals surface area contributed by atoms with Gasteiger partial charge < -0.3 is 14.6 Å². The van der Waals surface area contributed by atoms with Crippen LogP contribution in [0.25, 0.3) is 0 Å². The van der Waals surface area contributed by atoms with Crippen molar-refractivity contribution in [1.29, 1.82) is 0 Å². The fourth-order valence-corrected chi connectivity index (χ4v) is 1.89. The number of alkyl halides is 6. The molecule has 0 aromatic rings. The molecule has 0 aromatic heterocycles. The zero-order chi connectivity index (χ0) is 20.9. The minimum atomic E-state index is -6.11. The molecule has 0 aliphatic carbocycles. The quantitative estimate of drug-likeness (QED) is 0.296. The van der Waals surface area contributed by atoms with E-state index in [-0.39, 0.29) is 18.6 Å². The maximum absolute atomic E-state index is 12.9. The highest BCUT2D eigenvalue weighted by Crippen LogP contribution is 2.47. The van der Waals surface area contributed by atoms with E-state index < -0.39 is 48.3 Å². The lowest BCUT2D eigenvalue weighted by Crippen LogP contribution is -2.66. The third-order valence-corrected chi connectivity index (χ3v) is 3.25. The first-order chi connectivity index (χ1) is 11.6. The number of hydrogen-bond acceptors (Lipinski definition) is 5. The summed E-state index contributed by atoms with van der Waals surface area (Å²) in [5, 5.41) is 9.36. The third-order valence-electron chi connectivity index (χ3n) is 3.25. The molecule has 5 nitrogen and oxygen atoms in total. The topological polar surface area (TPSA) is 72.8 Å². The van der Waals surface area contributed by atoms with Crippen molar-refractivity contribution in [3.8, 4) is 0 Å². The first kappa shape index (κ1) is 24.2. The summed E-state index contributed by atoms with van der Waals surface area (Å²) in [5.74, 6) is -3.66. The SMILES string of the molecule is C=C(C)C(=O)OCCCC(=O)OC(C(C)C)C(O)(C(F)(F)F)C(F)(F)F. The van der Waals surface area contributed by atoms with Gasteiger partial charge >= 0.3 is 24.3 Å². The monoisotopic (exact) mass is 394 g/mol. The molecule has 0 saturated heterocycles. The zero-order valence-electron chi connectivity index (χ0n) is 14.3. The number of hydrogen-bond donors (Lipinski definition) is 1. The van der Waals surface area contributed by atoms with Crippen molar-refractivity contribution in [2.24, 2.45) is 5.92 Å². The molecule has 0 rings (SSSR count). The molecule has 1 N–H and O–H groups in total. The minimum absolute atomic E-state index is 0.0767. The van der Waals surface area contributed by atoms with Crippen LogP contribution < -0.4 is 0 Å². The van der Waals surface area contributed by atoms with Crippen molar-refractivity contribution in [1.82, 2.24) is 0 Å². The average Bonchev–Trinajstić information content (AvgIpc) is 2.45. The molecule has 0 aliphatic heterocycles. The van der Waals surface area contributed by atoms with E-state index in [1.54, 1.807) is 0 Å². The molecule has 1 atom stereocenters. The van der Waals surface area contributed by atoms with Gasteiger partial charge in [0.25, 0.3) is 5.60 Å². The Balaban J connectivity index is 5.09. The molecule has 0 fully saturated rings. The lowest BCUT2D eigenvalue weighted by Gasteiger charge is -2.39. The number of aliphatic hydroxyl groups is 1. The zero-order valence-corrected chi connectivity index (χ0v) is 14.3. The Kier molecular flexibility index (Phi) is 8.14. The van der Waals surface area contributed by atoms with Crippen molar-refractivity contribution in [3.63, 3.8) is 0 Å². The number of esters is 2. The Hall–Kier alpha value is -1.78. The summed E-state index contributed by atoms with van der Waals surface area (Å²) in [4.78, 5) is 22.7. The lowest BCUT2D eigenvalue weighted by atomic mass is 9.87. The van der Waals surface area contributed by atoms with Crippen LogP contribution in [0.1, 0.15) is 33.6 Å². The molecule has 0 bridgehead atoms. The van der Waals surface area contributed by atoms with Crippen LogP contribution in [0.5, 0.6) is 0 Å². The van der Waals surface area contributed by atoms with Gasteiger partial charge in [0.05, 0.1) is 6.61 Å². The maximum atomic E-state index is 12.9. The predicted molar refractivity (Wildman–Crippen MR) is 76.8 cm³/mol. The molecule has 1 unspecified atom stereocenters. The van der Waals surface area contributed by atoms with E-state index in [4.69, 9.17) is 0 Å². The summed E-state index contributed by atoms with van der Waals surface area (Å²) in [6.45, 7) is 6.22. The van der Waals surface area contributed by atoms with E-state index in [1.807, 2.05) is 0 Å². The first-order valence-corrected chi connectivity index (χ1v) is 7.43. The van der Waals surface area contributed by atoms with E-state index >= 15 is 0 Å². The van der Waals surface area contributed by atoms with Crippen molar-refractivity contribution in [2.75, 3.05) is 6.61 Å². The fraction of sp³-hybridized carbons (Fsp3) is 0.733. The Morgan fingerprint density at radius 3 is 1.88 bits per heavy atom. The second-order valence-corrected chi connectivity index (χ2v) is 5.94. The summed E-state index contributed by atoms with van der Waals surface area (Å²) in [5.41, 5.74) is -5.14. The van der Waals surface area contributed by atoms with Gasteiger partial charge in [-0.2, -0.15) is 26.3 Å². The average molecular weight is 394 g/mol. The maximum Gasteiger partial charge on any atom is 0.430 e. The summed E-state index contributed by atoms with van der Waals surface area (Å²) in [7, 11) is 0. The Morgan fingerprint density at radius 1 is 1.08 bits per heavy atom. The van der Waals surface area contributed by atoms with Gasteiger partial charge in [0, 0.05) is 12.0 Å². The van der Waals surface area contributed by atoms with Crippen LogP contribution >= 0.6 is 0 Å². The molecule has 0 radical (unpaired) electrons. The van der Waals surface area contributed by atoms with Crippen LogP contribution in [0.2, 0.25) is 0 Å². The van der Waals surface area contributed by atoms with Gasteiger partial charge in [-0.05, 0) is 19.3 Å². The number of halogens is 6. The highest BCUT2D eigenvalue weighted by molar-refractivity contribution is 5.86. The minimum Gasteiger partial charge on any atom is -0.462 e. The lowest BCUT2D eigenvalue weighted by molar-refractivity contribution is -0.395. The van der Waals surface area contributed by atoms with E-state index in [1.165, 1.54) is 6.92 Å². The second kappa shape index (κ2) is 8.74. The van der Waals surface area contributed by atoms with E-state index in [0.29, 0.717) is 0 Å². The van der Waals surface area contributed by atoms with E-state index in [0.717, 1.165) is 13.8 Å². The number of carbonyl (C=O) groups excluding carboxylic acids is 2. The number of carbonyl (C=O) groups is 2. The van der Waals surface area contributed by atoms with Crippen LogP contribution in [0.4, 0.5) is 26.3 Å². The molecular weight excluding hydrogens is 374 g/mol. The van der Waals surface area contributed by atoms with E-state index in [2.05, 4.69) is 16.1 Å². The summed E-state index contributed by atoms with van der Waals surface area (Å²) >= 11 is 0. The summed E-state index contributed by atoms with van der Waals surface area (Å²) in [6, 6.07) is 0. The van der Waals surface area contributed by atoms with Gasteiger partial charge in [-0.15, -0.1) is 0 Å². The standard InChI is InChI=1S/C15H20F6O5/c1-8(2)11(13(24,14(16,17)18)15(19,20)21)26-10(22)6-5-7-25-12(23)9(3)4/h8,11,24H,3,5-7H2,1-2,4H3. The van der Waals surface area contributed by atoms with Gasteiger partial charge in [0.15, 0.2) is 6.10 Å². The van der Waals surface area contributed by atoms with Crippen molar-refractivity contribution in [2.45, 2.75) is 57.7 Å². The van der Waals surface area contributed by atoms with Crippen molar-refractivity contribution >= 4 is 11.9 Å². The predicted octanol–water partition coefficient (Wildman–Crippen LogP) is 3.31. The van der Waals surface area contributed by atoms with Crippen LogP contribution in [0, 0.1) is 5.92 Å². The normalized spacial score (nSPS) is 14.1. The molecule has 0 heterocycles. The molecule has 0 spiro atoms. The van der Waals surface area contributed by atoms with Crippen molar-refractivity contribution < 1.29 is 50.5 Å². The summed E-state index contributed by atoms with van der Waals surface area (Å²) in [6.07, 6.45) is -15.9. The molecular formula is C15H20F6O5. The first-order valence-electron chi connectivity index (χ1n) is 7.43. The molecule has 11 heteroatoms. The smallest absolute Gasteiger partial charge is 0.430 e.